The lowest BCUT2D eigenvalue weighted by molar-refractivity contribution is -0.123. The Hall–Kier alpha value is -3.64. The van der Waals surface area contributed by atoms with Gasteiger partial charge in [0.1, 0.15) is 16.2 Å². The first kappa shape index (κ1) is 24.1. The molecule has 0 bridgehead atoms. The molecule has 1 N–H and O–H groups in total. The lowest BCUT2D eigenvalue weighted by atomic mass is 10.1. The van der Waals surface area contributed by atoms with Gasteiger partial charge in [0.15, 0.2) is 26.5 Å². The van der Waals surface area contributed by atoms with Crippen molar-refractivity contribution in [3.8, 4) is 11.6 Å². The van der Waals surface area contributed by atoms with Gasteiger partial charge in [-0.3, -0.25) is 10.1 Å². The molecule has 1 aliphatic carbocycles. The molecule has 12 heteroatoms. The summed E-state index contributed by atoms with van der Waals surface area (Å²) in [7, 11) is -1.95. The van der Waals surface area contributed by atoms with E-state index in [0.29, 0.717) is 35.1 Å². The molecular weight excluding hydrogens is 512 g/mol. The first-order valence-corrected chi connectivity index (χ1v) is 13.2. The van der Waals surface area contributed by atoms with Gasteiger partial charge in [-0.2, -0.15) is 0 Å². The van der Waals surface area contributed by atoms with Crippen LogP contribution in [0.3, 0.4) is 0 Å². The van der Waals surface area contributed by atoms with E-state index >= 15 is 0 Å². The van der Waals surface area contributed by atoms with Gasteiger partial charge in [0.05, 0.1) is 17.3 Å². The minimum absolute atomic E-state index is 0.132. The van der Waals surface area contributed by atoms with Crippen molar-refractivity contribution in [3.63, 3.8) is 0 Å². The van der Waals surface area contributed by atoms with Crippen LogP contribution in [-0.4, -0.2) is 36.7 Å². The highest BCUT2D eigenvalue weighted by Gasteiger charge is 2.37. The maximum Gasteiger partial charge on any atom is 0.271 e. The molecule has 0 aliphatic heterocycles. The summed E-state index contributed by atoms with van der Waals surface area (Å²) in [6, 6.07) is 11.7. The second kappa shape index (κ2) is 9.43. The van der Waals surface area contributed by atoms with Crippen molar-refractivity contribution < 1.29 is 31.5 Å². The number of thiazole rings is 1. The Balaban J connectivity index is 1.45. The van der Waals surface area contributed by atoms with Crippen molar-refractivity contribution in [1.29, 1.82) is 0 Å². The molecule has 1 aliphatic rings. The molecule has 0 spiro atoms. The van der Waals surface area contributed by atoms with E-state index in [1.165, 1.54) is 31.4 Å². The fourth-order valence-corrected chi connectivity index (χ4v) is 6.00. The number of amides is 1. The number of halogens is 2. The highest BCUT2D eigenvalue weighted by Crippen LogP contribution is 2.35. The van der Waals surface area contributed by atoms with Crippen LogP contribution >= 0.6 is 11.3 Å². The monoisotopic (exact) mass is 531 g/mol. The molecule has 8 nitrogen and oxygen atoms in total. The summed E-state index contributed by atoms with van der Waals surface area (Å²) in [5.41, 5.74) is 0.805. The quantitative estimate of drug-likeness (QED) is 0.352. The lowest BCUT2D eigenvalue weighted by Crippen LogP contribution is -2.26. The molecule has 1 amide bonds. The van der Waals surface area contributed by atoms with E-state index < -0.39 is 38.7 Å². The van der Waals surface area contributed by atoms with Crippen LogP contribution in [0.5, 0.6) is 11.6 Å². The number of hydrogen-bond donors (Lipinski definition) is 1. The van der Waals surface area contributed by atoms with Crippen LogP contribution in [-0.2, 0) is 14.6 Å². The van der Waals surface area contributed by atoms with Crippen molar-refractivity contribution in [2.75, 3.05) is 12.4 Å². The molecule has 36 heavy (non-hydrogen) atoms. The van der Waals surface area contributed by atoms with E-state index in [9.17, 15) is 22.0 Å². The average Bonchev–Trinajstić information content (AvgIpc) is 3.65. The van der Waals surface area contributed by atoms with Crippen molar-refractivity contribution in [2.24, 2.45) is 0 Å². The Morgan fingerprint density at radius 1 is 1.08 bits per heavy atom. The van der Waals surface area contributed by atoms with Gasteiger partial charge >= 0.3 is 0 Å². The van der Waals surface area contributed by atoms with Gasteiger partial charge in [-0.15, -0.1) is 0 Å². The second-order valence-electron chi connectivity index (χ2n) is 8.07. The number of rotatable bonds is 8. The summed E-state index contributed by atoms with van der Waals surface area (Å²) in [5.74, 6) is -2.44. The van der Waals surface area contributed by atoms with Crippen LogP contribution < -0.4 is 14.8 Å². The first-order valence-electron chi connectivity index (χ1n) is 10.8. The Bertz CT molecular complexity index is 1550. The van der Waals surface area contributed by atoms with Gasteiger partial charge in [0.25, 0.3) is 5.91 Å². The maximum absolute atomic E-state index is 14.3. The third kappa shape index (κ3) is 4.86. The first-order chi connectivity index (χ1) is 17.2. The molecule has 186 valence electrons. The number of benzene rings is 2. The van der Waals surface area contributed by atoms with Crippen LogP contribution in [0.4, 0.5) is 13.9 Å². The van der Waals surface area contributed by atoms with Gasteiger partial charge in [0.2, 0.25) is 12.0 Å². The van der Waals surface area contributed by atoms with Gasteiger partial charge in [-0.05, 0) is 43.2 Å². The normalized spacial score (nSPS) is 14.4. The zero-order chi connectivity index (χ0) is 25.4. The number of carbonyl (C=O) groups is 1. The highest BCUT2D eigenvalue weighted by atomic mass is 32.2. The fraction of sp³-hybridized carbons (Fsp3) is 0.208. The van der Waals surface area contributed by atoms with E-state index in [-0.39, 0.29) is 21.3 Å². The molecule has 1 saturated carbocycles. The van der Waals surface area contributed by atoms with Gasteiger partial charge in [-0.1, -0.05) is 23.5 Å². The number of hydrogen-bond acceptors (Lipinski definition) is 8. The highest BCUT2D eigenvalue weighted by molar-refractivity contribution is 7.92. The number of ether oxygens (including phenoxy) is 2. The average molecular weight is 532 g/mol. The van der Waals surface area contributed by atoms with Crippen LogP contribution in [0.1, 0.15) is 24.5 Å². The molecule has 5 rings (SSSR count). The summed E-state index contributed by atoms with van der Waals surface area (Å²) in [6.45, 7) is 0. The predicted molar refractivity (Wildman–Crippen MR) is 129 cm³/mol. The van der Waals surface area contributed by atoms with Crippen LogP contribution in [0.25, 0.3) is 10.3 Å². The van der Waals surface area contributed by atoms with Crippen molar-refractivity contribution in [3.05, 3.63) is 71.8 Å². The number of fused-ring (bicyclic) bond motifs is 1. The Morgan fingerprint density at radius 2 is 1.83 bits per heavy atom. The second-order valence-corrected chi connectivity index (χ2v) is 11.3. The Kier molecular flexibility index (Phi) is 6.31. The molecule has 2 aromatic heterocycles. The smallest absolute Gasteiger partial charge is 0.271 e. The molecule has 4 aromatic rings. The number of aromatic nitrogens is 2. The standard InChI is InChI=1S/C24H19F2N3O5S2/c1-33-20-11-9-18-23(28-20)35-24(27-18)29-22(30)21(34-19-10-4-14(25)12-17(19)26)13-2-5-15(6-3-13)36(31,32)16-7-8-16/h2-6,9-12,16,21H,7-8H2,1H3,(H,27,29,30). The van der Waals surface area contributed by atoms with Gasteiger partial charge in [-0.25, -0.2) is 27.2 Å². The van der Waals surface area contributed by atoms with Crippen molar-refractivity contribution >= 4 is 42.6 Å². The largest absolute Gasteiger partial charge is 0.481 e. The lowest BCUT2D eigenvalue weighted by Gasteiger charge is -2.19. The van der Waals surface area contributed by atoms with E-state index in [1.54, 1.807) is 12.1 Å². The number of nitrogens with one attached hydrogen (secondary N) is 1. The topological polar surface area (TPSA) is 107 Å². The predicted octanol–water partition coefficient (Wildman–Crippen LogP) is 4.67. The van der Waals surface area contributed by atoms with E-state index in [0.717, 1.165) is 23.5 Å². The number of anilines is 1. The summed E-state index contributed by atoms with van der Waals surface area (Å²) < 4.78 is 63.5. The van der Waals surface area contributed by atoms with Crippen molar-refractivity contribution in [2.45, 2.75) is 29.1 Å². The zero-order valence-electron chi connectivity index (χ0n) is 18.8. The summed E-state index contributed by atoms with van der Waals surface area (Å²) in [4.78, 5) is 22.5. The van der Waals surface area contributed by atoms with E-state index in [1.807, 2.05) is 0 Å². The van der Waals surface area contributed by atoms with Gasteiger partial charge in [0, 0.05) is 17.7 Å². The molecule has 1 fully saturated rings. The Labute approximate surface area is 208 Å². The number of methoxy groups -OCH3 is 1. The minimum Gasteiger partial charge on any atom is -0.481 e. The molecule has 2 heterocycles. The summed E-state index contributed by atoms with van der Waals surface area (Å²) in [5, 5.41) is 2.47. The zero-order valence-corrected chi connectivity index (χ0v) is 20.4. The minimum atomic E-state index is -3.44. The van der Waals surface area contributed by atoms with Crippen molar-refractivity contribution in [1.82, 2.24) is 9.97 Å². The number of nitrogens with zero attached hydrogens (tertiary/aromatic N) is 2. The number of carbonyl (C=O) groups excluding carboxylic acids is 1. The SMILES string of the molecule is COc1ccc2nc(NC(=O)C(Oc3ccc(F)cc3F)c3ccc(S(=O)(=O)C4CC4)cc3)sc2n1. The summed E-state index contributed by atoms with van der Waals surface area (Å²) in [6.07, 6.45) is -0.159. The number of sulfone groups is 1. The van der Waals surface area contributed by atoms with Crippen LogP contribution in [0.2, 0.25) is 0 Å². The molecule has 2 aromatic carbocycles. The van der Waals surface area contributed by atoms with Gasteiger partial charge < -0.3 is 9.47 Å². The molecular formula is C24H19F2N3O5S2. The molecule has 0 saturated heterocycles. The molecule has 1 atom stereocenters. The summed E-state index contributed by atoms with van der Waals surface area (Å²) >= 11 is 1.10. The third-order valence-corrected chi connectivity index (χ3v) is 8.68. The van der Waals surface area contributed by atoms with E-state index in [4.69, 9.17) is 9.47 Å². The fourth-order valence-electron chi connectivity index (χ4n) is 3.51. The molecule has 0 radical (unpaired) electrons. The molecule has 1 unspecified atom stereocenters. The Morgan fingerprint density at radius 3 is 2.50 bits per heavy atom. The third-order valence-electron chi connectivity index (χ3n) is 5.52. The van der Waals surface area contributed by atoms with E-state index in [2.05, 4.69) is 15.3 Å². The number of pyridine rings is 1. The van der Waals surface area contributed by atoms with Crippen LogP contribution in [0, 0.1) is 11.6 Å². The van der Waals surface area contributed by atoms with Crippen LogP contribution in [0.15, 0.2) is 59.5 Å². The maximum atomic E-state index is 14.3.